The van der Waals surface area contributed by atoms with E-state index in [1.54, 1.807) is 42.5 Å². The van der Waals surface area contributed by atoms with E-state index in [1.807, 2.05) is 13.0 Å². The number of carbonyl (C=O) groups is 2. The van der Waals surface area contributed by atoms with Crippen LogP contribution < -0.4 is 5.32 Å². The maximum Gasteiger partial charge on any atom is 0.338 e. The van der Waals surface area contributed by atoms with E-state index in [9.17, 15) is 9.59 Å². The van der Waals surface area contributed by atoms with Gasteiger partial charge in [0.1, 0.15) is 0 Å². The number of carbonyl (C=O) groups excluding carboxylic acids is 2. The molecule has 0 heterocycles. The van der Waals surface area contributed by atoms with Crippen molar-refractivity contribution < 1.29 is 14.3 Å². The van der Waals surface area contributed by atoms with Crippen LogP contribution in [0, 0.1) is 11.3 Å². The lowest BCUT2D eigenvalue weighted by Gasteiger charge is -2.08. The molecule has 0 atom stereocenters. The van der Waals surface area contributed by atoms with Crippen molar-refractivity contribution in [2.45, 2.75) is 13.3 Å². The van der Waals surface area contributed by atoms with E-state index < -0.39 is 5.97 Å². The van der Waals surface area contributed by atoms with Crippen LogP contribution >= 0.6 is 0 Å². The fourth-order valence-electron chi connectivity index (χ4n) is 1.94. The van der Waals surface area contributed by atoms with E-state index in [4.69, 9.17) is 10.00 Å². The minimum atomic E-state index is -0.422. The van der Waals surface area contributed by atoms with Crippen LogP contribution in [-0.4, -0.2) is 18.5 Å². The second kappa shape index (κ2) is 7.76. The molecule has 2 rings (SSSR count). The van der Waals surface area contributed by atoms with Crippen molar-refractivity contribution in [3.63, 3.8) is 0 Å². The normalized spacial score (nSPS) is 9.74. The Labute approximate surface area is 134 Å². The van der Waals surface area contributed by atoms with Gasteiger partial charge in [0.05, 0.1) is 23.8 Å². The summed E-state index contributed by atoms with van der Waals surface area (Å²) in [7, 11) is 0. The number of ether oxygens (including phenoxy) is 1. The second-order valence-corrected chi connectivity index (χ2v) is 4.86. The molecule has 0 aliphatic rings. The van der Waals surface area contributed by atoms with Crippen LogP contribution in [0.1, 0.15) is 39.6 Å². The maximum absolute atomic E-state index is 12.2. The third kappa shape index (κ3) is 4.42. The average Bonchev–Trinajstić information content (AvgIpc) is 2.59. The predicted octanol–water partition coefficient (Wildman–Crippen LogP) is 3.38. The number of nitrogens with one attached hydrogen (secondary N) is 1. The Morgan fingerprint density at radius 2 is 1.87 bits per heavy atom. The summed E-state index contributed by atoms with van der Waals surface area (Å²) in [5.74, 6) is -0.768. The van der Waals surface area contributed by atoms with Gasteiger partial charge in [-0.15, -0.1) is 0 Å². The summed E-state index contributed by atoms with van der Waals surface area (Å²) in [4.78, 5) is 24.0. The second-order valence-electron chi connectivity index (χ2n) is 4.86. The number of nitriles is 1. The van der Waals surface area contributed by atoms with Crippen molar-refractivity contribution in [1.82, 2.24) is 0 Å². The van der Waals surface area contributed by atoms with Gasteiger partial charge in [-0.25, -0.2) is 4.79 Å². The van der Waals surface area contributed by atoms with Crippen molar-refractivity contribution in [1.29, 1.82) is 5.26 Å². The van der Waals surface area contributed by atoms with Crippen molar-refractivity contribution in [2.75, 3.05) is 11.9 Å². The van der Waals surface area contributed by atoms with Crippen LogP contribution in [0.5, 0.6) is 0 Å². The van der Waals surface area contributed by atoms with Crippen molar-refractivity contribution in [3.05, 3.63) is 65.2 Å². The molecular weight excluding hydrogens is 292 g/mol. The van der Waals surface area contributed by atoms with E-state index >= 15 is 0 Å². The summed E-state index contributed by atoms with van der Waals surface area (Å²) >= 11 is 0. The Morgan fingerprint density at radius 3 is 2.61 bits per heavy atom. The molecule has 2 aromatic rings. The number of esters is 1. The van der Waals surface area contributed by atoms with Gasteiger partial charge in [0.2, 0.25) is 0 Å². The molecule has 1 N–H and O–H groups in total. The van der Waals surface area contributed by atoms with Crippen molar-refractivity contribution >= 4 is 17.6 Å². The molecule has 0 spiro atoms. The minimum Gasteiger partial charge on any atom is -0.462 e. The van der Waals surface area contributed by atoms with Crippen molar-refractivity contribution in [3.8, 4) is 6.07 Å². The Balaban J connectivity index is 2.12. The molecule has 2 aromatic carbocycles. The largest absolute Gasteiger partial charge is 0.462 e. The number of anilines is 1. The lowest BCUT2D eigenvalue weighted by Crippen LogP contribution is -2.13. The number of nitrogens with zero attached hydrogens (tertiary/aromatic N) is 1. The molecule has 0 bridgehead atoms. The summed E-state index contributed by atoms with van der Waals surface area (Å²) in [5, 5.41) is 11.6. The average molecular weight is 308 g/mol. The fourth-order valence-corrected chi connectivity index (χ4v) is 1.94. The first kappa shape index (κ1) is 16.2. The zero-order valence-electron chi connectivity index (χ0n) is 12.7. The third-order valence-corrected chi connectivity index (χ3v) is 3.05. The minimum absolute atomic E-state index is 0.346. The molecule has 0 unspecified atom stereocenters. The van der Waals surface area contributed by atoms with E-state index in [0.29, 0.717) is 29.0 Å². The van der Waals surface area contributed by atoms with Gasteiger partial charge in [-0.3, -0.25) is 4.79 Å². The molecule has 0 saturated carbocycles. The molecule has 5 nitrogen and oxygen atoms in total. The van der Waals surface area contributed by atoms with Gasteiger partial charge in [0.25, 0.3) is 5.91 Å². The molecule has 0 aliphatic carbocycles. The number of hydrogen-bond donors (Lipinski definition) is 1. The molecule has 0 aromatic heterocycles. The van der Waals surface area contributed by atoms with Gasteiger partial charge in [0, 0.05) is 11.3 Å². The molecule has 5 heteroatoms. The molecule has 0 saturated heterocycles. The predicted molar refractivity (Wildman–Crippen MR) is 86.1 cm³/mol. The zero-order chi connectivity index (χ0) is 16.7. The number of rotatable bonds is 5. The van der Waals surface area contributed by atoms with E-state index in [-0.39, 0.29) is 5.91 Å². The summed E-state index contributed by atoms with van der Waals surface area (Å²) < 4.78 is 5.06. The van der Waals surface area contributed by atoms with E-state index in [1.165, 1.54) is 6.07 Å². The standard InChI is InChI=1S/C18H16N2O3/c1-2-9-23-18(22)15-7-4-8-16(11-15)20-17(21)14-6-3-5-13(10-14)12-19/h3-8,10-11H,2,9H2,1H3,(H,20,21). The lowest BCUT2D eigenvalue weighted by molar-refractivity contribution is 0.0505. The molecule has 23 heavy (non-hydrogen) atoms. The Bertz CT molecular complexity index is 763. The first-order chi connectivity index (χ1) is 11.1. The highest BCUT2D eigenvalue weighted by Crippen LogP contribution is 2.14. The Hall–Kier alpha value is -3.13. The van der Waals surface area contributed by atoms with Crippen LogP contribution in [-0.2, 0) is 4.74 Å². The first-order valence-electron chi connectivity index (χ1n) is 7.22. The molecule has 0 aliphatic heterocycles. The maximum atomic E-state index is 12.2. The molecule has 0 radical (unpaired) electrons. The monoisotopic (exact) mass is 308 g/mol. The number of hydrogen-bond acceptors (Lipinski definition) is 4. The quantitative estimate of drug-likeness (QED) is 0.859. The van der Waals surface area contributed by atoms with Crippen LogP contribution in [0.3, 0.4) is 0 Å². The van der Waals surface area contributed by atoms with Crippen molar-refractivity contribution in [2.24, 2.45) is 0 Å². The SMILES string of the molecule is CCCOC(=O)c1cccc(NC(=O)c2cccc(C#N)c2)c1. The highest BCUT2D eigenvalue weighted by molar-refractivity contribution is 6.05. The summed E-state index contributed by atoms with van der Waals surface area (Å²) in [5.41, 5.74) is 1.66. The highest BCUT2D eigenvalue weighted by Gasteiger charge is 2.10. The summed E-state index contributed by atoms with van der Waals surface area (Å²) in [6.45, 7) is 2.27. The third-order valence-electron chi connectivity index (χ3n) is 3.05. The van der Waals surface area contributed by atoms with Gasteiger partial charge in [0.15, 0.2) is 0 Å². The van der Waals surface area contributed by atoms with Gasteiger partial charge in [-0.1, -0.05) is 19.1 Å². The number of benzene rings is 2. The van der Waals surface area contributed by atoms with Gasteiger partial charge in [-0.2, -0.15) is 5.26 Å². The van der Waals surface area contributed by atoms with Crippen LogP contribution in [0.4, 0.5) is 5.69 Å². The highest BCUT2D eigenvalue weighted by atomic mass is 16.5. The lowest BCUT2D eigenvalue weighted by atomic mass is 10.1. The van der Waals surface area contributed by atoms with Crippen LogP contribution in [0.2, 0.25) is 0 Å². The molecular formula is C18H16N2O3. The topological polar surface area (TPSA) is 79.2 Å². The summed E-state index contributed by atoms with van der Waals surface area (Å²) in [6.07, 6.45) is 0.747. The van der Waals surface area contributed by atoms with Gasteiger partial charge in [-0.05, 0) is 42.8 Å². The van der Waals surface area contributed by atoms with Gasteiger partial charge < -0.3 is 10.1 Å². The smallest absolute Gasteiger partial charge is 0.338 e. The van der Waals surface area contributed by atoms with Gasteiger partial charge >= 0.3 is 5.97 Å². The molecule has 116 valence electrons. The Kier molecular flexibility index (Phi) is 5.48. The number of amides is 1. The summed E-state index contributed by atoms with van der Waals surface area (Å²) in [6, 6.07) is 14.9. The van der Waals surface area contributed by atoms with E-state index in [2.05, 4.69) is 5.32 Å². The first-order valence-corrected chi connectivity index (χ1v) is 7.22. The van der Waals surface area contributed by atoms with Crippen LogP contribution in [0.15, 0.2) is 48.5 Å². The molecule has 1 amide bonds. The fraction of sp³-hybridized carbons (Fsp3) is 0.167. The van der Waals surface area contributed by atoms with Crippen LogP contribution in [0.25, 0.3) is 0 Å². The Morgan fingerprint density at radius 1 is 1.13 bits per heavy atom. The molecule has 0 fully saturated rings. The van der Waals surface area contributed by atoms with E-state index in [0.717, 1.165) is 6.42 Å². The zero-order valence-corrected chi connectivity index (χ0v) is 12.7.